The van der Waals surface area contributed by atoms with E-state index in [-0.39, 0.29) is 5.91 Å². The molecule has 3 heteroatoms. The number of likely N-dealkylation sites (N-methyl/N-ethyl adjacent to an activating group) is 1. The molecule has 1 aromatic rings. The van der Waals surface area contributed by atoms with Gasteiger partial charge in [-0.15, -0.1) is 0 Å². The van der Waals surface area contributed by atoms with Crippen LogP contribution in [0.1, 0.15) is 29.8 Å². The summed E-state index contributed by atoms with van der Waals surface area (Å²) in [4.78, 5) is 14.0. The van der Waals surface area contributed by atoms with E-state index in [1.54, 1.807) is 17.0 Å². The molecular formula is C14H20N2O. The number of rotatable bonds is 4. The van der Waals surface area contributed by atoms with Crippen molar-refractivity contribution in [1.29, 1.82) is 0 Å². The van der Waals surface area contributed by atoms with Crippen LogP contribution in [0.3, 0.4) is 0 Å². The molecule has 3 nitrogen and oxygen atoms in total. The molecule has 0 heterocycles. The maximum atomic E-state index is 12.2. The number of hydrogen-bond acceptors (Lipinski definition) is 2. The van der Waals surface area contributed by atoms with E-state index in [0.717, 1.165) is 11.1 Å². The summed E-state index contributed by atoms with van der Waals surface area (Å²) in [5.74, 6) is 0.0265. The number of aryl methyl sites for hydroxylation is 1. The van der Waals surface area contributed by atoms with Gasteiger partial charge in [-0.3, -0.25) is 4.79 Å². The molecule has 0 fully saturated rings. The zero-order valence-electron chi connectivity index (χ0n) is 10.8. The summed E-state index contributed by atoms with van der Waals surface area (Å²) in [7, 11) is 0. The Labute approximate surface area is 103 Å². The van der Waals surface area contributed by atoms with E-state index >= 15 is 0 Å². The summed E-state index contributed by atoms with van der Waals surface area (Å²) < 4.78 is 0. The Balaban J connectivity index is 2.93. The first-order chi connectivity index (χ1) is 7.95. The van der Waals surface area contributed by atoms with Crippen molar-refractivity contribution in [3.05, 3.63) is 41.5 Å². The zero-order valence-corrected chi connectivity index (χ0v) is 10.8. The third kappa shape index (κ3) is 3.34. The molecule has 1 aromatic carbocycles. The fraction of sp³-hybridized carbons (Fsp3) is 0.357. The molecule has 0 aliphatic heterocycles. The predicted octanol–water partition coefficient (Wildman–Crippen LogP) is 2.62. The number of anilines is 1. The van der Waals surface area contributed by atoms with Gasteiger partial charge < -0.3 is 10.6 Å². The minimum Gasteiger partial charge on any atom is -0.399 e. The van der Waals surface area contributed by atoms with Crippen molar-refractivity contribution in [2.24, 2.45) is 0 Å². The highest BCUT2D eigenvalue weighted by atomic mass is 16.2. The van der Waals surface area contributed by atoms with Crippen LogP contribution >= 0.6 is 0 Å². The Morgan fingerprint density at radius 2 is 2.12 bits per heavy atom. The Bertz CT molecular complexity index is 438. The molecule has 0 radical (unpaired) electrons. The van der Waals surface area contributed by atoms with Crippen LogP contribution in [0.15, 0.2) is 30.4 Å². The topological polar surface area (TPSA) is 46.3 Å². The lowest BCUT2D eigenvalue weighted by Gasteiger charge is -2.21. The van der Waals surface area contributed by atoms with E-state index in [4.69, 9.17) is 5.73 Å². The van der Waals surface area contributed by atoms with Crippen LogP contribution < -0.4 is 5.73 Å². The second-order valence-corrected chi connectivity index (χ2v) is 4.35. The summed E-state index contributed by atoms with van der Waals surface area (Å²) in [5, 5.41) is 0. The largest absolute Gasteiger partial charge is 0.399 e. The van der Waals surface area contributed by atoms with Crippen molar-refractivity contribution in [3.8, 4) is 0 Å². The molecule has 0 bridgehead atoms. The Morgan fingerprint density at radius 1 is 1.47 bits per heavy atom. The molecule has 17 heavy (non-hydrogen) atoms. The van der Waals surface area contributed by atoms with E-state index in [1.165, 1.54) is 0 Å². The van der Waals surface area contributed by atoms with E-state index in [2.05, 4.69) is 6.58 Å². The SMILES string of the molecule is C=C(C)CN(CC)C(=O)c1ccc(N)c(C)c1. The van der Waals surface area contributed by atoms with Crippen LogP contribution in [0, 0.1) is 6.92 Å². The van der Waals surface area contributed by atoms with Crippen molar-refractivity contribution < 1.29 is 4.79 Å². The number of nitrogen functional groups attached to an aromatic ring is 1. The summed E-state index contributed by atoms with van der Waals surface area (Å²) >= 11 is 0. The standard InChI is InChI=1S/C14H20N2O/c1-5-16(9-10(2)3)14(17)12-6-7-13(15)11(4)8-12/h6-8H,2,5,9,15H2,1,3-4H3. The number of nitrogens with zero attached hydrogens (tertiary/aromatic N) is 1. The van der Waals surface area contributed by atoms with Gasteiger partial charge >= 0.3 is 0 Å². The Morgan fingerprint density at radius 3 is 2.59 bits per heavy atom. The highest BCUT2D eigenvalue weighted by Crippen LogP contribution is 2.14. The van der Waals surface area contributed by atoms with Gasteiger partial charge in [0.2, 0.25) is 0 Å². The Hall–Kier alpha value is -1.77. The maximum absolute atomic E-state index is 12.2. The van der Waals surface area contributed by atoms with Gasteiger partial charge in [0, 0.05) is 24.3 Å². The average molecular weight is 232 g/mol. The predicted molar refractivity (Wildman–Crippen MR) is 72.0 cm³/mol. The summed E-state index contributed by atoms with van der Waals surface area (Å²) in [6.45, 7) is 10.9. The summed E-state index contributed by atoms with van der Waals surface area (Å²) in [5.41, 5.74) is 9.04. The quantitative estimate of drug-likeness (QED) is 0.640. The third-order valence-corrected chi connectivity index (χ3v) is 2.65. The molecule has 0 aromatic heterocycles. The number of carbonyl (C=O) groups is 1. The van der Waals surface area contributed by atoms with Gasteiger partial charge in [-0.25, -0.2) is 0 Å². The van der Waals surface area contributed by atoms with Crippen molar-refractivity contribution in [3.63, 3.8) is 0 Å². The Kier molecular flexibility index (Phi) is 4.32. The first-order valence-electron chi connectivity index (χ1n) is 5.75. The second kappa shape index (κ2) is 5.53. The van der Waals surface area contributed by atoms with Crippen molar-refractivity contribution in [1.82, 2.24) is 4.90 Å². The normalized spacial score (nSPS) is 10.1. The van der Waals surface area contributed by atoms with Gasteiger partial charge in [-0.05, 0) is 44.5 Å². The van der Waals surface area contributed by atoms with E-state index < -0.39 is 0 Å². The minimum atomic E-state index is 0.0265. The number of benzene rings is 1. The highest BCUT2D eigenvalue weighted by molar-refractivity contribution is 5.95. The van der Waals surface area contributed by atoms with Gasteiger partial charge in [0.25, 0.3) is 5.91 Å². The number of nitrogens with two attached hydrogens (primary N) is 1. The van der Waals surface area contributed by atoms with E-state index in [9.17, 15) is 4.79 Å². The van der Waals surface area contributed by atoms with E-state index in [1.807, 2.05) is 26.8 Å². The second-order valence-electron chi connectivity index (χ2n) is 4.35. The number of carbonyl (C=O) groups excluding carboxylic acids is 1. The number of hydrogen-bond donors (Lipinski definition) is 1. The fourth-order valence-electron chi connectivity index (χ4n) is 1.64. The van der Waals surface area contributed by atoms with Crippen LogP contribution in [-0.4, -0.2) is 23.9 Å². The van der Waals surface area contributed by atoms with Crippen molar-refractivity contribution in [2.45, 2.75) is 20.8 Å². The molecule has 0 spiro atoms. The smallest absolute Gasteiger partial charge is 0.254 e. The van der Waals surface area contributed by atoms with Crippen molar-refractivity contribution in [2.75, 3.05) is 18.8 Å². The van der Waals surface area contributed by atoms with Crippen LogP contribution in [0.5, 0.6) is 0 Å². The monoisotopic (exact) mass is 232 g/mol. The zero-order chi connectivity index (χ0) is 13.0. The molecule has 92 valence electrons. The number of amides is 1. The van der Waals surface area contributed by atoms with Crippen LogP contribution in [0.25, 0.3) is 0 Å². The lowest BCUT2D eigenvalue weighted by atomic mass is 10.1. The van der Waals surface area contributed by atoms with Crippen LogP contribution in [0.4, 0.5) is 5.69 Å². The molecule has 2 N–H and O–H groups in total. The van der Waals surface area contributed by atoms with Gasteiger partial charge in [-0.1, -0.05) is 12.2 Å². The van der Waals surface area contributed by atoms with Gasteiger partial charge in [0.15, 0.2) is 0 Å². The average Bonchev–Trinajstić information content (AvgIpc) is 2.28. The summed E-state index contributed by atoms with van der Waals surface area (Å²) in [6, 6.07) is 5.38. The lowest BCUT2D eigenvalue weighted by molar-refractivity contribution is 0.0778. The van der Waals surface area contributed by atoms with Crippen molar-refractivity contribution >= 4 is 11.6 Å². The lowest BCUT2D eigenvalue weighted by Crippen LogP contribution is -2.32. The molecule has 0 saturated heterocycles. The van der Waals surface area contributed by atoms with Crippen LogP contribution in [0.2, 0.25) is 0 Å². The highest BCUT2D eigenvalue weighted by Gasteiger charge is 2.14. The summed E-state index contributed by atoms with van der Waals surface area (Å²) in [6.07, 6.45) is 0. The van der Waals surface area contributed by atoms with Gasteiger partial charge in [0.05, 0.1) is 0 Å². The van der Waals surface area contributed by atoms with Crippen LogP contribution in [-0.2, 0) is 0 Å². The molecule has 1 amide bonds. The first-order valence-corrected chi connectivity index (χ1v) is 5.75. The van der Waals surface area contributed by atoms with Gasteiger partial charge in [-0.2, -0.15) is 0 Å². The maximum Gasteiger partial charge on any atom is 0.254 e. The first kappa shape index (κ1) is 13.3. The van der Waals surface area contributed by atoms with E-state index in [0.29, 0.717) is 24.3 Å². The molecule has 0 atom stereocenters. The molecule has 0 unspecified atom stereocenters. The fourth-order valence-corrected chi connectivity index (χ4v) is 1.64. The third-order valence-electron chi connectivity index (χ3n) is 2.65. The molecular weight excluding hydrogens is 212 g/mol. The molecule has 0 aliphatic carbocycles. The minimum absolute atomic E-state index is 0.0265. The molecule has 0 aliphatic rings. The van der Waals surface area contributed by atoms with Gasteiger partial charge in [0.1, 0.15) is 0 Å². The molecule has 1 rings (SSSR count). The molecule has 0 saturated carbocycles.